The Morgan fingerprint density at radius 3 is 2.63 bits per heavy atom. The lowest BCUT2D eigenvalue weighted by molar-refractivity contribution is -0.0869. The van der Waals surface area contributed by atoms with E-state index in [1.807, 2.05) is 0 Å². The predicted octanol–water partition coefficient (Wildman–Crippen LogP) is 0.342. The van der Waals surface area contributed by atoms with Gasteiger partial charge >= 0.3 is 0 Å². The molecule has 0 radical (unpaired) electrons. The molecule has 0 amide bonds. The fraction of sp³-hybridized carbons (Fsp3) is 0.625. The van der Waals surface area contributed by atoms with E-state index in [0.717, 1.165) is 12.1 Å². The first-order valence-corrected chi connectivity index (χ1v) is 11.8. The average molecular weight is 425 g/mol. The Balaban J connectivity index is 1.95. The Hall–Kier alpha value is -1.11. The van der Waals surface area contributed by atoms with E-state index in [9.17, 15) is 26.3 Å². The topological polar surface area (TPSA) is 122 Å². The summed E-state index contributed by atoms with van der Waals surface area (Å²) in [5, 5.41) is 9.55. The summed E-state index contributed by atoms with van der Waals surface area (Å²) < 4.78 is 71.6. The largest absolute Gasteiger partial charge is 0.394 e. The highest BCUT2D eigenvalue weighted by Gasteiger charge is 2.34. The minimum Gasteiger partial charge on any atom is -0.394 e. The highest BCUT2D eigenvalue weighted by molar-refractivity contribution is 7.89. The maximum atomic E-state index is 13.3. The predicted molar refractivity (Wildman–Crippen MR) is 97.6 cm³/mol. The van der Waals surface area contributed by atoms with Gasteiger partial charge in [0.25, 0.3) is 0 Å². The van der Waals surface area contributed by atoms with Gasteiger partial charge in [-0.2, -0.15) is 0 Å². The van der Waals surface area contributed by atoms with Crippen LogP contribution in [-0.2, 0) is 24.8 Å². The van der Waals surface area contributed by atoms with E-state index in [1.54, 1.807) is 0 Å². The van der Waals surface area contributed by atoms with Crippen LogP contribution in [0.3, 0.4) is 0 Å². The molecule has 3 atom stereocenters. The lowest BCUT2D eigenvalue weighted by Crippen LogP contribution is -2.51. The van der Waals surface area contributed by atoms with Crippen LogP contribution in [0, 0.1) is 5.82 Å². The van der Waals surface area contributed by atoms with E-state index in [2.05, 4.69) is 9.44 Å². The highest BCUT2D eigenvalue weighted by atomic mass is 32.2. The van der Waals surface area contributed by atoms with Crippen molar-refractivity contribution in [3.05, 3.63) is 30.1 Å². The summed E-state index contributed by atoms with van der Waals surface area (Å²) in [6, 6.07) is 4.00. The Morgan fingerprint density at radius 1 is 1.26 bits per heavy atom. The Kier molecular flexibility index (Phi) is 7.72. The summed E-state index contributed by atoms with van der Waals surface area (Å²) in [7, 11) is -7.24. The molecule has 0 bridgehead atoms. The lowest BCUT2D eigenvalue weighted by atomic mass is 9.98. The normalized spacial score (nSPS) is 24.0. The second-order valence-electron chi connectivity index (χ2n) is 6.33. The van der Waals surface area contributed by atoms with Gasteiger partial charge in [-0.1, -0.05) is 6.07 Å². The van der Waals surface area contributed by atoms with E-state index >= 15 is 0 Å². The maximum absolute atomic E-state index is 13.3. The molecule has 1 aromatic carbocycles. The molecular weight excluding hydrogens is 399 g/mol. The van der Waals surface area contributed by atoms with Crippen LogP contribution in [0.25, 0.3) is 0 Å². The summed E-state index contributed by atoms with van der Waals surface area (Å²) in [5.74, 6) is -0.673. The number of hydrogen-bond donors (Lipinski definition) is 3. The number of sulfonamides is 2. The quantitative estimate of drug-likeness (QED) is 0.526. The van der Waals surface area contributed by atoms with Crippen molar-refractivity contribution in [3.63, 3.8) is 0 Å². The second kappa shape index (κ2) is 9.39. The number of aliphatic hydroxyl groups is 1. The Labute approximate surface area is 159 Å². The third kappa shape index (κ3) is 6.47. The molecule has 1 aromatic rings. The van der Waals surface area contributed by atoms with Crippen LogP contribution in [0.4, 0.5) is 4.39 Å². The van der Waals surface area contributed by atoms with Gasteiger partial charge in [-0.15, -0.1) is 0 Å². The van der Waals surface area contributed by atoms with Crippen molar-refractivity contribution < 1.29 is 31.1 Å². The zero-order valence-electron chi connectivity index (χ0n) is 15.0. The molecule has 154 valence electrons. The number of benzene rings is 1. The van der Waals surface area contributed by atoms with Crippen molar-refractivity contribution in [1.29, 1.82) is 0 Å². The average Bonchev–Trinajstić information content (AvgIpc) is 2.62. The van der Waals surface area contributed by atoms with Gasteiger partial charge in [0.15, 0.2) is 0 Å². The van der Waals surface area contributed by atoms with Crippen LogP contribution >= 0.6 is 0 Å². The standard InChI is InChI=1S/C16H25FN2O6S2/c1-2-26(21,22)18-9-8-13-6-7-15(16(11-20)25-13)19-27(23,24)14-5-3-4-12(17)10-14/h3-5,10,13,15-16,18-20H,2,6-9,11H2,1H3/t13-,15+,16-/m0/s1. The van der Waals surface area contributed by atoms with Gasteiger partial charge < -0.3 is 9.84 Å². The molecule has 1 fully saturated rings. The minimum absolute atomic E-state index is 0.0122. The molecule has 27 heavy (non-hydrogen) atoms. The van der Waals surface area contributed by atoms with Gasteiger partial charge in [-0.25, -0.2) is 30.7 Å². The molecule has 2 rings (SSSR count). The number of rotatable bonds is 9. The van der Waals surface area contributed by atoms with Crippen LogP contribution in [0.1, 0.15) is 26.2 Å². The fourth-order valence-electron chi connectivity index (χ4n) is 2.86. The van der Waals surface area contributed by atoms with Crippen molar-refractivity contribution >= 4 is 20.0 Å². The summed E-state index contributed by atoms with van der Waals surface area (Å²) >= 11 is 0. The molecule has 3 N–H and O–H groups in total. The molecule has 1 aliphatic rings. The van der Waals surface area contributed by atoms with E-state index in [1.165, 1.54) is 19.1 Å². The van der Waals surface area contributed by atoms with Crippen molar-refractivity contribution in [2.75, 3.05) is 18.9 Å². The zero-order chi connectivity index (χ0) is 20.1. The third-order valence-electron chi connectivity index (χ3n) is 4.38. The van der Waals surface area contributed by atoms with E-state index in [-0.39, 0.29) is 23.3 Å². The van der Waals surface area contributed by atoms with Gasteiger partial charge in [-0.3, -0.25) is 0 Å². The van der Waals surface area contributed by atoms with Crippen molar-refractivity contribution in [2.24, 2.45) is 0 Å². The van der Waals surface area contributed by atoms with Crippen LogP contribution in [-0.4, -0.2) is 59.1 Å². The molecular formula is C16H25FN2O6S2. The van der Waals surface area contributed by atoms with Crippen LogP contribution < -0.4 is 9.44 Å². The van der Waals surface area contributed by atoms with Gasteiger partial charge in [0.05, 0.1) is 35.5 Å². The number of aliphatic hydroxyl groups excluding tert-OH is 1. The van der Waals surface area contributed by atoms with Crippen molar-refractivity contribution in [3.8, 4) is 0 Å². The molecule has 8 nitrogen and oxygen atoms in total. The molecule has 0 saturated carbocycles. The minimum atomic E-state index is -3.96. The van der Waals surface area contributed by atoms with Crippen LogP contribution in [0.2, 0.25) is 0 Å². The second-order valence-corrected chi connectivity index (χ2v) is 10.1. The summed E-state index contributed by atoms with van der Waals surface area (Å²) in [4.78, 5) is -0.199. The summed E-state index contributed by atoms with van der Waals surface area (Å²) in [5.41, 5.74) is 0. The van der Waals surface area contributed by atoms with Crippen molar-refractivity contribution in [1.82, 2.24) is 9.44 Å². The van der Waals surface area contributed by atoms with Crippen LogP contribution in [0.15, 0.2) is 29.2 Å². The first kappa shape index (κ1) is 22.2. The molecule has 1 aliphatic heterocycles. The maximum Gasteiger partial charge on any atom is 0.241 e. The number of ether oxygens (including phenoxy) is 1. The molecule has 0 unspecified atom stereocenters. The summed E-state index contributed by atoms with van der Waals surface area (Å²) in [6.07, 6.45) is 0.261. The molecule has 11 heteroatoms. The molecule has 0 aromatic heterocycles. The SMILES string of the molecule is CCS(=O)(=O)NCC[C@@H]1CC[C@@H](NS(=O)(=O)c2cccc(F)c2)[C@H](CO)O1. The van der Waals surface area contributed by atoms with Crippen LogP contribution in [0.5, 0.6) is 0 Å². The van der Waals surface area contributed by atoms with E-state index < -0.39 is 44.6 Å². The van der Waals surface area contributed by atoms with Crippen molar-refractivity contribution in [2.45, 2.75) is 49.3 Å². The third-order valence-corrected chi connectivity index (χ3v) is 7.27. The number of halogens is 1. The first-order valence-electron chi connectivity index (χ1n) is 8.68. The molecule has 0 spiro atoms. The molecule has 0 aliphatic carbocycles. The number of nitrogens with one attached hydrogen (secondary N) is 2. The Bertz CT molecular complexity index is 831. The monoisotopic (exact) mass is 424 g/mol. The Morgan fingerprint density at radius 2 is 2.00 bits per heavy atom. The van der Waals surface area contributed by atoms with E-state index in [4.69, 9.17) is 4.74 Å². The molecule has 1 saturated heterocycles. The summed E-state index contributed by atoms with van der Waals surface area (Å²) in [6.45, 7) is 1.35. The smallest absolute Gasteiger partial charge is 0.241 e. The highest BCUT2D eigenvalue weighted by Crippen LogP contribution is 2.23. The zero-order valence-corrected chi connectivity index (χ0v) is 16.6. The lowest BCUT2D eigenvalue weighted by Gasteiger charge is -2.36. The van der Waals surface area contributed by atoms with Gasteiger partial charge in [-0.05, 0) is 44.4 Å². The molecule has 1 heterocycles. The first-order chi connectivity index (χ1) is 12.7. The van der Waals surface area contributed by atoms with Gasteiger partial charge in [0.1, 0.15) is 5.82 Å². The number of hydrogen-bond acceptors (Lipinski definition) is 6. The van der Waals surface area contributed by atoms with Gasteiger partial charge in [0, 0.05) is 6.54 Å². The fourth-order valence-corrected chi connectivity index (χ4v) is 4.82. The van der Waals surface area contributed by atoms with E-state index in [0.29, 0.717) is 19.3 Å². The van der Waals surface area contributed by atoms with Gasteiger partial charge in [0.2, 0.25) is 20.0 Å².